The van der Waals surface area contributed by atoms with Crippen molar-refractivity contribution in [3.8, 4) is 11.4 Å². The fraction of sp³-hybridized carbons (Fsp3) is 0.333. The lowest BCUT2D eigenvalue weighted by molar-refractivity contribution is -0.384. The molecule has 2 aromatic carbocycles. The first-order chi connectivity index (χ1) is 14.1. The first kappa shape index (κ1) is 19.6. The monoisotopic (exact) mass is 412 g/mol. The highest BCUT2D eigenvalue weighted by Gasteiger charge is 2.25. The molecule has 0 aliphatic heterocycles. The van der Waals surface area contributed by atoms with E-state index in [1.165, 1.54) is 36.4 Å². The number of halogens is 1. The van der Waals surface area contributed by atoms with Crippen molar-refractivity contribution in [1.29, 1.82) is 0 Å². The lowest BCUT2D eigenvalue weighted by Gasteiger charge is -2.25. The predicted octanol–water partition coefficient (Wildman–Crippen LogP) is 5.79. The van der Waals surface area contributed by atoms with Crippen molar-refractivity contribution in [2.24, 2.45) is 0 Å². The van der Waals surface area contributed by atoms with Gasteiger partial charge >= 0.3 is 0 Å². The number of benzene rings is 2. The Labute approximate surface area is 172 Å². The van der Waals surface area contributed by atoms with E-state index in [1.54, 1.807) is 24.3 Å². The number of nitro groups is 1. The molecule has 1 aromatic heterocycles. The van der Waals surface area contributed by atoms with Crippen LogP contribution in [0.25, 0.3) is 11.4 Å². The second kappa shape index (κ2) is 8.73. The molecule has 0 saturated heterocycles. The average Bonchev–Trinajstić information content (AvgIpc) is 3.17. The largest absolute Gasteiger partial charge is 0.299 e. The minimum atomic E-state index is -0.405. The minimum absolute atomic E-state index is 0.0750. The molecule has 1 saturated carbocycles. The van der Waals surface area contributed by atoms with Gasteiger partial charge in [-0.3, -0.25) is 14.7 Å². The Morgan fingerprint density at radius 1 is 1.07 bits per heavy atom. The third-order valence-corrected chi connectivity index (χ3v) is 6.25. The van der Waals surface area contributed by atoms with Gasteiger partial charge in [-0.2, -0.15) is 0 Å². The molecule has 6 nitrogen and oxygen atoms in total. The van der Waals surface area contributed by atoms with Gasteiger partial charge in [0.1, 0.15) is 5.82 Å². The number of hydrogen-bond donors (Lipinski definition) is 0. The molecule has 150 valence electrons. The maximum Gasteiger partial charge on any atom is 0.269 e. The molecule has 1 aliphatic rings. The number of aromatic nitrogens is 3. The van der Waals surface area contributed by atoms with Crippen LogP contribution in [0.2, 0.25) is 0 Å². The summed E-state index contributed by atoms with van der Waals surface area (Å²) >= 11 is 1.53. The van der Waals surface area contributed by atoms with E-state index in [0.29, 0.717) is 17.1 Å². The van der Waals surface area contributed by atoms with Gasteiger partial charge in [0, 0.05) is 23.9 Å². The van der Waals surface area contributed by atoms with Crippen LogP contribution >= 0.6 is 11.8 Å². The summed E-state index contributed by atoms with van der Waals surface area (Å²) in [5.41, 5.74) is 1.50. The Morgan fingerprint density at radius 2 is 1.79 bits per heavy atom. The predicted molar refractivity (Wildman–Crippen MR) is 110 cm³/mol. The van der Waals surface area contributed by atoms with Gasteiger partial charge in [0.05, 0.1) is 10.5 Å². The van der Waals surface area contributed by atoms with Crippen molar-refractivity contribution < 1.29 is 9.31 Å². The van der Waals surface area contributed by atoms with Gasteiger partial charge in [0.25, 0.3) is 5.69 Å². The Hall–Kier alpha value is -2.74. The summed E-state index contributed by atoms with van der Waals surface area (Å²) in [5.74, 6) is 0.880. The average molecular weight is 412 g/mol. The Bertz CT molecular complexity index is 1000. The molecular weight excluding hydrogens is 391 g/mol. The number of nitrogens with zero attached hydrogens (tertiary/aromatic N) is 4. The summed E-state index contributed by atoms with van der Waals surface area (Å²) in [6, 6.07) is 13.4. The van der Waals surface area contributed by atoms with Gasteiger partial charge in [0.15, 0.2) is 11.0 Å². The standard InChI is InChI=1S/C21H21FN4O2S/c22-19-9-5-4-8-18(19)20-23-24-21(25(20)16-6-2-1-3-7-16)29-14-15-10-12-17(13-11-15)26(27)28/h4-5,8-13,16H,1-3,6-7,14H2. The van der Waals surface area contributed by atoms with Crippen molar-refractivity contribution in [3.05, 3.63) is 70.0 Å². The quantitative estimate of drug-likeness (QED) is 0.291. The highest BCUT2D eigenvalue weighted by atomic mass is 32.2. The van der Waals surface area contributed by atoms with Gasteiger partial charge in [-0.25, -0.2) is 4.39 Å². The third-order valence-electron chi connectivity index (χ3n) is 5.23. The molecule has 4 rings (SSSR count). The Morgan fingerprint density at radius 3 is 2.48 bits per heavy atom. The van der Waals surface area contributed by atoms with E-state index < -0.39 is 4.92 Å². The molecule has 0 bridgehead atoms. The zero-order chi connectivity index (χ0) is 20.2. The fourth-order valence-corrected chi connectivity index (χ4v) is 4.69. The summed E-state index contributed by atoms with van der Waals surface area (Å²) in [6.45, 7) is 0. The van der Waals surface area contributed by atoms with Gasteiger partial charge in [0.2, 0.25) is 0 Å². The van der Waals surface area contributed by atoms with E-state index in [1.807, 2.05) is 6.07 Å². The van der Waals surface area contributed by atoms with E-state index in [4.69, 9.17) is 0 Å². The SMILES string of the molecule is O=[N+]([O-])c1ccc(CSc2nnc(-c3ccccc3F)n2C2CCCCC2)cc1. The van der Waals surface area contributed by atoms with Crippen LogP contribution in [-0.4, -0.2) is 19.7 Å². The van der Waals surface area contributed by atoms with Crippen LogP contribution in [0.15, 0.2) is 53.7 Å². The molecule has 1 heterocycles. The number of nitro benzene ring substituents is 1. The molecule has 0 N–H and O–H groups in total. The lowest BCUT2D eigenvalue weighted by atomic mass is 9.95. The number of rotatable bonds is 6. The molecule has 8 heteroatoms. The molecule has 1 fully saturated rings. The number of hydrogen-bond acceptors (Lipinski definition) is 5. The molecular formula is C21H21FN4O2S. The second-order valence-corrected chi connectivity index (χ2v) is 8.10. The Kier molecular flexibility index (Phi) is 5.89. The van der Waals surface area contributed by atoms with E-state index in [2.05, 4.69) is 14.8 Å². The molecule has 0 spiro atoms. The van der Waals surface area contributed by atoms with E-state index in [-0.39, 0.29) is 17.5 Å². The zero-order valence-corrected chi connectivity index (χ0v) is 16.6. The molecule has 3 aromatic rings. The normalized spacial score (nSPS) is 14.8. The number of thioether (sulfide) groups is 1. The molecule has 0 atom stereocenters. The highest BCUT2D eigenvalue weighted by Crippen LogP contribution is 2.37. The van der Waals surface area contributed by atoms with Gasteiger partial charge in [-0.15, -0.1) is 10.2 Å². The Balaban J connectivity index is 1.62. The summed E-state index contributed by atoms with van der Waals surface area (Å²) in [6.07, 6.45) is 5.58. The fourth-order valence-electron chi connectivity index (χ4n) is 3.73. The van der Waals surface area contributed by atoms with Crippen LogP contribution in [0, 0.1) is 15.9 Å². The van der Waals surface area contributed by atoms with Gasteiger partial charge in [-0.05, 0) is 30.5 Å². The van der Waals surface area contributed by atoms with Crippen LogP contribution in [0.5, 0.6) is 0 Å². The molecule has 0 unspecified atom stereocenters. The van der Waals surface area contributed by atoms with Gasteiger partial charge in [-0.1, -0.05) is 55.3 Å². The van der Waals surface area contributed by atoms with Crippen LogP contribution in [-0.2, 0) is 5.75 Å². The molecule has 29 heavy (non-hydrogen) atoms. The minimum Gasteiger partial charge on any atom is -0.299 e. The summed E-state index contributed by atoms with van der Waals surface area (Å²) in [4.78, 5) is 10.4. The topological polar surface area (TPSA) is 73.8 Å². The maximum absolute atomic E-state index is 14.4. The van der Waals surface area contributed by atoms with Crippen molar-refractivity contribution in [3.63, 3.8) is 0 Å². The number of non-ortho nitro benzene ring substituents is 1. The van der Waals surface area contributed by atoms with Crippen LogP contribution < -0.4 is 0 Å². The van der Waals surface area contributed by atoms with Crippen LogP contribution in [0.4, 0.5) is 10.1 Å². The third kappa shape index (κ3) is 4.32. The zero-order valence-electron chi connectivity index (χ0n) is 15.8. The van der Waals surface area contributed by atoms with Crippen molar-refractivity contribution in [2.45, 2.75) is 49.1 Å². The maximum atomic E-state index is 14.4. The summed E-state index contributed by atoms with van der Waals surface area (Å²) < 4.78 is 16.5. The molecule has 1 aliphatic carbocycles. The van der Waals surface area contributed by atoms with E-state index >= 15 is 0 Å². The van der Waals surface area contributed by atoms with Crippen LogP contribution in [0.1, 0.15) is 43.7 Å². The second-order valence-electron chi connectivity index (χ2n) is 7.16. The van der Waals surface area contributed by atoms with E-state index in [9.17, 15) is 14.5 Å². The lowest BCUT2D eigenvalue weighted by Crippen LogP contribution is -2.15. The van der Waals surface area contributed by atoms with Crippen molar-refractivity contribution >= 4 is 17.4 Å². The van der Waals surface area contributed by atoms with Crippen molar-refractivity contribution in [1.82, 2.24) is 14.8 Å². The first-order valence-corrected chi connectivity index (χ1v) is 10.7. The summed E-state index contributed by atoms with van der Waals surface area (Å²) in [7, 11) is 0. The van der Waals surface area contributed by atoms with Crippen molar-refractivity contribution in [2.75, 3.05) is 0 Å². The van der Waals surface area contributed by atoms with E-state index in [0.717, 1.165) is 36.4 Å². The summed E-state index contributed by atoms with van der Waals surface area (Å²) in [5, 5.41) is 20.3. The van der Waals surface area contributed by atoms with Gasteiger partial charge < -0.3 is 0 Å². The molecule has 0 radical (unpaired) electrons. The molecule has 0 amide bonds. The first-order valence-electron chi connectivity index (χ1n) is 9.69. The smallest absolute Gasteiger partial charge is 0.269 e. The van der Waals surface area contributed by atoms with Crippen LogP contribution in [0.3, 0.4) is 0 Å². The highest BCUT2D eigenvalue weighted by molar-refractivity contribution is 7.98.